The zero-order valence-corrected chi connectivity index (χ0v) is 16.7. The Bertz CT molecular complexity index is 718. The van der Waals surface area contributed by atoms with Crippen molar-refractivity contribution in [3.63, 3.8) is 0 Å². The average molecular weight is 365 g/mol. The van der Waals surface area contributed by atoms with Crippen LogP contribution in [-0.4, -0.2) is 44.4 Å². The third-order valence-corrected chi connectivity index (χ3v) is 5.54. The number of methoxy groups -OCH3 is 1. The Morgan fingerprint density at radius 1 is 1.11 bits per heavy atom. The van der Waals surface area contributed by atoms with Crippen molar-refractivity contribution >= 4 is 6.21 Å². The summed E-state index contributed by atoms with van der Waals surface area (Å²) in [4.78, 5) is 7.23. The molecule has 0 N–H and O–H groups in total. The molecule has 27 heavy (non-hydrogen) atoms. The molecule has 0 saturated carbocycles. The maximum absolute atomic E-state index is 5.25. The van der Waals surface area contributed by atoms with E-state index >= 15 is 0 Å². The van der Waals surface area contributed by atoms with Crippen molar-refractivity contribution in [2.75, 3.05) is 33.3 Å². The lowest BCUT2D eigenvalue weighted by Gasteiger charge is -2.31. The molecule has 1 fully saturated rings. The minimum Gasteiger partial charge on any atom is -0.497 e. The van der Waals surface area contributed by atoms with E-state index in [9.17, 15) is 0 Å². The Kier molecular flexibility index (Phi) is 7.46. The van der Waals surface area contributed by atoms with Crippen molar-refractivity contribution in [3.05, 3.63) is 65.2 Å². The summed E-state index contributed by atoms with van der Waals surface area (Å²) in [6, 6.07) is 17.1. The van der Waals surface area contributed by atoms with Gasteiger partial charge in [-0.3, -0.25) is 4.99 Å². The zero-order chi connectivity index (χ0) is 18.9. The van der Waals surface area contributed by atoms with Gasteiger partial charge in [-0.15, -0.1) is 0 Å². The Hall–Kier alpha value is -2.13. The Morgan fingerprint density at radius 2 is 1.89 bits per heavy atom. The number of benzene rings is 2. The van der Waals surface area contributed by atoms with Crippen LogP contribution in [-0.2, 0) is 6.42 Å². The van der Waals surface area contributed by atoms with E-state index in [4.69, 9.17) is 4.74 Å². The monoisotopic (exact) mass is 364 g/mol. The second-order valence-electron chi connectivity index (χ2n) is 7.59. The number of hydrogen-bond donors (Lipinski definition) is 0. The third-order valence-electron chi connectivity index (χ3n) is 5.54. The first-order valence-electron chi connectivity index (χ1n) is 10.2. The van der Waals surface area contributed by atoms with Gasteiger partial charge in [0.2, 0.25) is 0 Å². The summed E-state index contributed by atoms with van der Waals surface area (Å²) < 4.78 is 5.25. The van der Waals surface area contributed by atoms with Crippen LogP contribution in [0.15, 0.2) is 53.5 Å². The van der Waals surface area contributed by atoms with Crippen molar-refractivity contribution < 1.29 is 4.74 Å². The first kappa shape index (κ1) is 19.6. The normalized spacial score (nSPS) is 16.1. The molecule has 0 aromatic heterocycles. The minimum atomic E-state index is 0.847. The van der Waals surface area contributed by atoms with Gasteiger partial charge >= 0.3 is 0 Å². The molecule has 3 heteroatoms. The summed E-state index contributed by atoms with van der Waals surface area (Å²) in [6.07, 6.45) is 7.02. The molecule has 1 aliphatic rings. The van der Waals surface area contributed by atoms with Crippen molar-refractivity contribution in [1.29, 1.82) is 0 Å². The smallest absolute Gasteiger partial charge is 0.119 e. The van der Waals surface area contributed by atoms with E-state index in [0.29, 0.717) is 0 Å². The number of hydrogen-bond acceptors (Lipinski definition) is 3. The number of piperidine rings is 1. The van der Waals surface area contributed by atoms with Crippen LogP contribution in [0.3, 0.4) is 0 Å². The van der Waals surface area contributed by atoms with Crippen molar-refractivity contribution in [2.45, 2.75) is 32.6 Å². The molecular weight excluding hydrogens is 332 g/mol. The third kappa shape index (κ3) is 6.21. The number of aryl methyl sites for hydroxylation is 1. The molecule has 2 aromatic rings. The maximum atomic E-state index is 5.25. The van der Waals surface area contributed by atoms with E-state index in [2.05, 4.69) is 59.3 Å². The van der Waals surface area contributed by atoms with Gasteiger partial charge in [-0.2, -0.15) is 0 Å². The van der Waals surface area contributed by atoms with Gasteiger partial charge in [0.05, 0.1) is 7.11 Å². The molecule has 0 radical (unpaired) electrons. The molecule has 0 atom stereocenters. The van der Waals surface area contributed by atoms with Crippen molar-refractivity contribution in [3.8, 4) is 5.75 Å². The van der Waals surface area contributed by atoms with Gasteiger partial charge in [0.1, 0.15) is 5.75 Å². The predicted octanol–water partition coefficient (Wildman–Crippen LogP) is 4.77. The Morgan fingerprint density at radius 3 is 2.59 bits per heavy atom. The number of ether oxygens (including phenoxy) is 1. The summed E-state index contributed by atoms with van der Waals surface area (Å²) in [5.41, 5.74) is 3.87. The number of aliphatic imine (C=N–C) groups is 1. The van der Waals surface area contributed by atoms with E-state index < -0.39 is 0 Å². The fraction of sp³-hybridized carbons (Fsp3) is 0.458. The number of nitrogens with zero attached hydrogens (tertiary/aromatic N) is 2. The van der Waals surface area contributed by atoms with Crippen LogP contribution >= 0.6 is 0 Å². The van der Waals surface area contributed by atoms with Gasteiger partial charge in [0.25, 0.3) is 0 Å². The van der Waals surface area contributed by atoms with Gasteiger partial charge in [0, 0.05) is 12.8 Å². The lowest BCUT2D eigenvalue weighted by atomic mass is 9.90. The molecule has 1 heterocycles. The van der Waals surface area contributed by atoms with Gasteiger partial charge in [0.15, 0.2) is 0 Å². The lowest BCUT2D eigenvalue weighted by molar-refractivity contribution is 0.183. The molecule has 3 nitrogen and oxygen atoms in total. The van der Waals surface area contributed by atoms with Gasteiger partial charge in [-0.1, -0.05) is 30.3 Å². The molecule has 0 spiro atoms. The number of rotatable bonds is 8. The minimum absolute atomic E-state index is 0.847. The predicted molar refractivity (Wildman–Crippen MR) is 114 cm³/mol. The molecule has 144 valence electrons. The van der Waals surface area contributed by atoms with Gasteiger partial charge < -0.3 is 9.64 Å². The van der Waals surface area contributed by atoms with Crippen LogP contribution in [0.1, 0.15) is 36.0 Å². The van der Waals surface area contributed by atoms with E-state index in [0.717, 1.165) is 31.2 Å². The van der Waals surface area contributed by atoms with Gasteiger partial charge in [-0.25, -0.2) is 0 Å². The first-order chi connectivity index (χ1) is 13.2. The fourth-order valence-corrected chi connectivity index (χ4v) is 3.83. The summed E-state index contributed by atoms with van der Waals surface area (Å²) in [5, 5.41) is 0. The van der Waals surface area contributed by atoms with Gasteiger partial charge in [-0.05, 0) is 93.0 Å². The summed E-state index contributed by atoms with van der Waals surface area (Å²) in [7, 11) is 1.70. The maximum Gasteiger partial charge on any atom is 0.119 e. The SMILES string of the molecule is COc1ccc(C=NCCCN2CCC(Cc3ccccc3)CC2)c(C)c1. The summed E-state index contributed by atoms with van der Waals surface area (Å²) in [6.45, 7) is 6.63. The van der Waals surface area contributed by atoms with Crippen LogP contribution in [0.5, 0.6) is 5.75 Å². The molecule has 0 aliphatic carbocycles. The van der Waals surface area contributed by atoms with Crippen LogP contribution < -0.4 is 4.74 Å². The van der Waals surface area contributed by atoms with Crippen molar-refractivity contribution in [2.24, 2.45) is 10.9 Å². The molecule has 1 saturated heterocycles. The lowest BCUT2D eigenvalue weighted by Crippen LogP contribution is -2.35. The second kappa shape index (κ2) is 10.3. The summed E-state index contributed by atoms with van der Waals surface area (Å²) in [5.74, 6) is 1.75. The highest BCUT2D eigenvalue weighted by molar-refractivity contribution is 5.81. The standard InChI is InChI=1S/C24H32N2O/c1-20-17-24(27-2)10-9-23(20)19-25-13-6-14-26-15-11-22(12-16-26)18-21-7-4-3-5-8-21/h3-5,7-10,17,19,22H,6,11-16,18H2,1-2H3. The molecule has 0 bridgehead atoms. The van der Waals surface area contributed by atoms with Crippen LogP contribution in [0.4, 0.5) is 0 Å². The molecule has 1 aliphatic heterocycles. The van der Waals surface area contributed by atoms with Crippen LogP contribution in [0.2, 0.25) is 0 Å². The average Bonchev–Trinajstić information content (AvgIpc) is 2.71. The largest absolute Gasteiger partial charge is 0.497 e. The molecule has 2 aromatic carbocycles. The molecule has 0 unspecified atom stereocenters. The first-order valence-corrected chi connectivity index (χ1v) is 10.2. The zero-order valence-electron chi connectivity index (χ0n) is 16.7. The summed E-state index contributed by atoms with van der Waals surface area (Å²) >= 11 is 0. The van der Waals surface area contributed by atoms with E-state index in [-0.39, 0.29) is 0 Å². The Balaban J connectivity index is 1.33. The van der Waals surface area contributed by atoms with Crippen LogP contribution in [0.25, 0.3) is 0 Å². The molecule has 0 amide bonds. The van der Waals surface area contributed by atoms with Crippen molar-refractivity contribution in [1.82, 2.24) is 4.90 Å². The quantitative estimate of drug-likeness (QED) is 0.498. The molecular formula is C24H32N2O. The van der Waals surface area contributed by atoms with E-state index in [1.54, 1.807) is 7.11 Å². The highest BCUT2D eigenvalue weighted by Gasteiger charge is 2.18. The van der Waals surface area contributed by atoms with E-state index in [1.165, 1.54) is 49.0 Å². The number of likely N-dealkylation sites (tertiary alicyclic amines) is 1. The highest BCUT2D eigenvalue weighted by atomic mass is 16.5. The molecule has 3 rings (SSSR count). The second-order valence-corrected chi connectivity index (χ2v) is 7.59. The Labute approximate surface area is 164 Å². The van der Waals surface area contributed by atoms with Crippen LogP contribution in [0, 0.1) is 12.8 Å². The fourth-order valence-electron chi connectivity index (χ4n) is 3.83. The van der Waals surface area contributed by atoms with E-state index in [1.807, 2.05) is 12.3 Å². The topological polar surface area (TPSA) is 24.8 Å². The highest BCUT2D eigenvalue weighted by Crippen LogP contribution is 2.21.